The van der Waals surface area contributed by atoms with Gasteiger partial charge in [-0.25, -0.2) is 22.8 Å². The first kappa shape index (κ1) is 25.8. The number of hydrogen-bond acceptors (Lipinski definition) is 7. The summed E-state index contributed by atoms with van der Waals surface area (Å²) in [6, 6.07) is 12.2. The van der Waals surface area contributed by atoms with Crippen molar-refractivity contribution in [2.24, 2.45) is 0 Å². The largest absolute Gasteiger partial charge is 0.474 e. The minimum Gasteiger partial charge on any atom is -0.474 e. The quantitative estimate of drug-likeness (QED) is 0.260. The number of halogens is 2. The highest BCUT2D eigenvalue weighted by molar-refractivity contribution is 9.10. The van der Waals surface area contributed by atoms with Gasteiger partial charge in [0, 0.05) is 29.5 Å². The van der Waals surface area contributed by atoms with Gasteiger partial charge < -0.3 is 14.4 Å². The Bertz CT molecular complexity index is 1730. The molecule has 2 aromatic carbocycles. The van der Waals surface area contributed by atoms with Crippen molar-refractivity contribution in [2.45, 2.75) is 43.6 Å². The van der Waals surface area contributed by atoms with Gasteiger partial charge in [0.05, 0.1) is 41.4 Å². The first-order valence-electron chi connectivity index (χ1n) is 12.3. The lowest BCUT2D eigenvalue weighted by atomic mass is 10.0. The SMILES string of the molecule is CS(=O)(=O)c1cc(F)ccc1N(Cc1ccc2c3c(c(Br)nc2c1)COC3)C(=O)c1ccc(OC2CC2)nc1. The van der Waals surface area contributed by atoms with E-state index in [2.05, 4.69) is 25.9 Å². The van der Waals surface area contributed by atoms with E-state index in [9.17, 15) is 17.6 Å². The van der Waals surface area contributed by atoms with E-state index in [0.717, 1.165) is 47.7 Å². The van der Waals surface area contributed by atoms with Crippen molar-refractivity contribution in [3.63, 3.8) is 0 Å². The molecule has 200 valence electrons. The fourth-order valence-electron chi connectivity index (χ4n) is 4.60. The van der Waals surface area contributed by atoms with Crippen molar-refractivity contribution in [3.8, 4) is 5.88 Å². The molecule has 3 heterocycles. The number of rotatable bonds is 7. The molecule has 1 fully saturated rings. The number of carbonyl (C=O) groups is 1. The number of hydrogen-bond donors (Lipinski definition) is 0. The third-order valence-electron chi connectivity index (χ3n) is 6.71. The lowest BCUT2D eigenvalue weighted by Crippen LogP contribution is -2.32. The van der Waals surface area contributed by atoms with E-state index in [1.807, 2.05) is 18.2 Å². The van der Waals surface area contributed by atoms with E-state index in [-0.39, 0.29) is 28.8 Å². The van der Waals surface area contributed by atoms with E-state index < -0.39 is 21.6 Å². The van der Waals surface area contributed by atoms with Gasteiger partial charge in [0.15, 0.2) is 9.84 Å². The van der Waals surface area contributed by atoms with Crippen molar-refractivity contribution in [1.29, 1.82) is 0 Å². The van der Waals surface area contributed by atoms with Crippen molar-refractivity contribution < 1.29 is 27.1 Å². The Hall–Kier alpha value is -3.41. The second-order valence-electron chi connectivity index (χ2n) is 9.68. The minimum atomic E-state index is -3.87. The van der Waals surface area contributed by atoms with Crippen LogP contribution >= 0.6 is 15.9 Å². The normalized spacial score (nSPS) is 14.8. The van der Waals surface area contributed by atoms with Gasteiger partial charge in [-0.05, 0) is 70.2 Å². The summed E-state index contributed by atoms with van der Waals surface area (Å²) in [6.45, 7) is 0.980. The fraction of sp³-hybridized carbons (Fsp3) is 0.250. The molecule has 0 radical (unpaired) electrons. The third-order valence-corrected chi connectivity index (χ3v) is 8.49. The zero-order valence-electron chi connectivity index (χ0n) is 20.9. The number of anilines is 1. The zero-order chi connectivity index (χ0) is 27.3. The maximum atomic E-state index is 14.2. The molecule has 0 saturated heterocycles. The number of carbonyl (C=O) groups excluding carboxylic acids is 1. The molecule has 2 aromatic heterocycles. The summed E-state index contributed by atoms with van der Waals surface area (Å²) in [7, 11) is -3.87. The predicted molar refractivity (Wildman–Crippen MR) is 146 cm³/mol. The first-order valence-corrected chi connectivity index (χ1v) is 15.0. The zero-order valence-corrected chi connectivity index (χ0v) is 23.3. The molecule has 6 rings (SSSR count). The number of amides is 1. The fourth-order valence-corrected chi connectivity index (χ4v) is 6.03. The van der Waals surface area contributed by atoms with Gasteiger partial charge in [-0.1, -0.05) is 12.1 Å². The minimum absolute atomic E-state index is 0.0101. The summed E-state index contributed by atoms with van der Waals surface area (Å²) in [5.74, 6) is -0.791. The Morgan fingerprint density at radius 2 is 1.92 bits per heavy atom. The van der Waals surface area contributed by atoms with E-state index in [1.165, 1.54) is 17.2 Å². The van der Waals surface area contributed by atoms with Crippen LogP contribution in [0.25, 0.3) is 10.9 Å². The summed E-state index contributed by atoms with van der Waals surface area (Å²) in [6.07, 6.45) is 4.49. The molecule has 8 nitrogen and oxygen atoms in total. The molecule has 39 heavy (non-hydrogen) atoms. The molecule has 1 aliphatic heterocycles. The predicted octanol–water partition coefficient (Wildman–Crippen LogP) is 5.35. The highest BCUT2D eigenvalue weighted by Crippen LogP contribution is 2.34. The van der Waals surface area contributed by atoms with Crippen LogP contribution in [-0.2, 0) is 34.3 Å². The van der Waals surface area contributed by atoms with Crippen molar-refractivity contribution >= 4 is 48.3 Å². The van der Waals surface area contributed by atoms with Gasteiger partial charge in [-0.15, -0.1) is 0 Å². The number of aromatic nitrogens is 2. The summed E-state index contributed by atoms with van der Waals surface area (Å²) in [5.41, 5.74) is 3.79. The average Bonchev–Trinajstić information content (AvgIpc) is 3.57. The van der Waals surface area contributed by atoms with Crippen LogP contribution in [0.3, 0.4) is 0 Å². The smallest absolute Gasteiger partial charge is 0.260 e. The molecule has 11 heteroatoms. The Labute approximate surface area is 232 Å². The van der Waals surface area contributed by atoms with E-state index in [1.54, 1.807) is 12.1 Å². The van der Waals surface area contributed by atoms with Crippen molar-refractivity contribution in [2.75, 3.05) is 11.2 Å². The van der Waals surface area contributed by atoms with Gasteiger partial charge in [0.2, 0.25) is 5.88 Å². The first-order chi connectivity index (χ1) is 18.7. The topological polar surface area (TPSA) is 98.7 Å². The highest BCUT2D eigenvalue weighted by atomic mass is 79.9. The van der Waals surface area contributed by atoms with Crippen LogP contribution in [0.1, 0.15) is 39.9 Å². The Morgan fingerprint density at radius 1 is 1.13 bits per heavy atom. The lowest BCUT2D eigenvalue weighted by Gasteiger charge is -2.25. The molecule has 0 bridgehead atoms. The number of ether oxygens (including phenoxy) is 2. The highest BCUT2D eigenvalue weighted by Gasteiger charge is 2.27. The number of pyridine rings is 2. The molecular weight excluding hydrogens is 589 g/mol. The molecule has 2 aliphatic rings. The summed E-state index contributed by atoms with van der Waals surface area (Å²) in [4.78, 5) is 23.8. The van der Waals surface area contributed by atoms with Crippen LogP contribution in [0.2, 0.25) is 0 Å². The van der Waals surface area contributed by atoms with E-state index >= 15 is 0 Å². The maximum absolute atomic E-state index is 14.2. The van der Waals surface area contributed by atoms with Gasteiger partial charge in [0.25, 0.3) is 5.91 Å². The molecule has 0 N–H and O–H groups in total. The van der Waals surface area contributed by atoms with Gasteiger partial charge >= 0.3 is 0 Å². The Morgan fingerprint density at radius 3 is 2.64 bits per heavy atom. The molecule has 4 aromatic rings. The number of fused-ring (bicyclic) bond motifs is 3. The van der Waals surface area contributed by atoms with E-state index in [0.29, 0.717) is 34.8 Å². The molecule has 1 saturated carbocycles. The van der Waals surface area contributed by atoms with Gasteiger partial charge in [-0.2, -0.15) is 0 Å². The van der Waals surface area contributed by atoms with Crippen LogP contribution in [0.5, 0.6) is 5.88 Å². The summed E-state index contributed by atoms with van der Waals surface area (Å²) < 4.78 is 51.4. The van der Waals surface area contributed by atoms with Gasteiger partial charge in [0.1, 0.15) is 16.5 Å². The van der Waals surface area contributed by atoms with E-state index in [4.69, 9.17) is 9.47 Å². The standard InChI is InChI=1S/C28H23BrFN3O5S/c1-39(35,36)25-11-18(30)4-8-24(25)33(28(34)17-3-9-26(31-12-17)38-19-5-6-19)13-16-2-7-20-21-14-37-15-22(21)27(29)32-23(20)10-16/h2-4,7-12,19H,5-6,13-15H2,1H3. The molecule has 0 atom stereocenters. The lowest BCUT2D eigenvalue weighted by molar-refractivity contribution is 0.0984. The monoisotopic (exact) mass is 611 g/mol. The van der Waals surface area contributed by atoms with Crippen LogP contribution in [0.4, 0.5) is 10.1 Å². The van der Waals surface area contributed by atoms with Crippen LogP contribution in [0, 0.1) is 5.82 Å². The van der Waals surface area contributed by atoms with Gasteiger partial charge in [-0.3, -0.25) is 4.79 Å². The molecule has 1 aliphatic carbocycles. The Balaban J connectivity index is 1.41. The summed E-state index contributed by atoms with van der Waals surface area (Å²) >= 11 is 3.52. The van der Waals surface area contributed by atoms with Crippen LogP contribution in [0.15, 0.2) is 64.2 Å². The average molecular weight is 612 g/mol. The molecule has 1 amide bonds. The second-order valence-corrected chi connectivity index (χ2v) is 12.4. The molecule has 0 spiro atoms. The Kier molecular flexibility index (Phi) is 6.60. The van der Waals surface area contributed by atoms with Crippen molar-refractivity contribution in [3.05, 3.63) is 87.4 Å². The number of benzene rings is 2. The molecule has 0 unspecified atom stereocenters. The third kappa shape index (κ3) is 5.26. The number of sulfone groups is 1. The van der Waals surface area contributed by atoms with Crippen LogP contribution in [-0.4, -0.2) is 36.7 Å². The second kappa shape index (κ2) is 9.96. The molecular formula is C28H23BrFN3O5S. The van der Waals surface area contributed by atoms with Crippen LogP contribution < -0.4 is 9.64 Å². The maximum Gasteiger partial charge on any atom is 0.260 e. The number of nitrogens with zero attached hydrogens (tertiary/aromatic N) is 3. The van der Waals surface area contributed by atoms with Crippen molar-refractivity contribution in [1.82, 2.24) is 9.97 Å². The summed E-state index contributed by atoms with van der Waals surface area (Å²) in [5, 5.41) is 0.946.